The summed E-state index contributed by atoms with van der Waals surface area (Å²) in [6.07, 6.45) is 3.44. The highest BCUT2D eigenvalue weighted by Crippen LogP contribution is 2.06. The first-order chi connectivity index (χ1) is 6.45. The maximum atomic E-state index is 4.14. The quantitative estimate of drug-likeness (QED) is 0.801. The van der Waals surface area contributed by atoms with Crippen LogP contribution in [0.1, 0.15) is 5.01 Å². The van der Waals surface area contributed by atoms with Gasteiger partial charge in [-0.05, 0) is 12.1 Å². The summed E-state index contributed by atoms with van der Waals surface area (Å²) in [6.45, 7) is 0.705. The number of rotatable bonds is 3. The smallest absolute Gasteiger partial charge is 0.148 e. The molecule has 13 heavy (non-hydrogen) atoms. The topological polar surface area (TPSA) is 50.7 Å². The van der Waals surface area contributed by atoms with Gasteiger partial charge in [-0.2, -0.15) is 5.10 Å². The van der Waals surface area contributed by atoms with E-state index in [0.29, 0.717) is 6.54 Å². The normalized spacial score (nSPS) is 9.85. The van der Waals surface area contributed by atoms with E-state index in [0.717, 1.165) is 10.8 Å². The third-order valence-corrected chi connectivity index (χ3v) is 2.26. The Morgan fingerprint density at radius 2 is 2.38 bits per heavy atom. The maximum absolute atomic E-state index is 4.14. The number of nitrogens with zero attached hydrogens (tertiary/aromatic N) is 3. The number of nitrogens with one attached hydrogen (secondary N) is 1. The lowest BCUT2D eigenvalue weighted by molar-refractivity contribution is 0.994. The van der Waals surface area contributed by atoms with Crippen molar-refractivity contribution in [2.75, 3.05) is 5.32 Å². The first-order valence-corrected chi connectivity index (χ1v) is 4.73. The molecule has 0 atom stereocenters. The van der Waals surface area contributed by atoms with Gasteiger partial charge in [0, 0.05) is 17.8 Å². The Hall–Kier alpha value is -1.49. The zero-order valence-corrected chi connectivity index (χ0v) is 7.66. The summed E-state index contributed by atoms with van der Waals surface area (Å²) in [5, 5.41) is 13.8. The van der Waals surface area contributed by atoms with E-state index >= 15 is 0 Å². The maximum Gasteiger partial charge on any atom is 0.148 e. The number of thiazole rings is 1. The molecule has 4 nitrogen and oxygen atoms in total. The lowest BCUT2D eigenvalue weighted by atomic mass is 10.5. The summed E-state index contributed by atoms with van der Waals surface area (Å²) < 4.78 is 0. The van der Waals surface area contributed by atoms with E-state index in [-0.39, 0.29) is 0 Å². The molecule has 0 aliphatic rings. The van der Waals surface area contributed by atoms with Crippen LogP contribution in [0.5, 0.6) is 0 Å². The molecule has 0 radical (unpaired) electrons. The molecule has 2 aromatic heterocycles. The molecule has 0 aliphatic carbocycles. The standard InChI is InChI=1S/C8H8N4S/c1-2-7(12-11-3-1)10-6-8-9-4-5-13-8/h1-5H,6H2,(H,10,12). The van der Waals surface area contributed by atoms with E-state index in [1.165, 1.54) is 0 Å². The van der Waals surface area contributed by atoms with E-state index in [2.05, 4.69) is 20.5 Å². The monoisotopic (exact) mass is 192 g/mol. The number of aromatic nitrogens is 3. The van der Waals surface area contributed by atoms with Crippen LogP contribution in [-0.2, 0) is 6.54 Å². The Morgan fingerprint density at radius 3 is 3.08 bits per heavy atom. The molecule has 0 aliphatic heterocycles. The highest BCUT2D eigenvalue weighted by molar-refractivity contribution is 7.09. The van der Waals surface area contributed by atoms with Gasteiger partial charge >= 0.3 is 0 Å². The summed E-state index contributed by atoms with van der Waals surface area (Å²) in [5.74, 6) is 0.776. The van der Waals surface area contributed by atoms with Crippen molar-refractivity contribution in [3.05, 3.63) is 34.9 Å². The SMILES string of the molecule is c1cnnc(NCc2nccs2)c1. The number of anilines is 1. The van der Waals surface area contributed by atoms with Crippen LogP contribution in [0, 0.1) is 0 Å². The van der Waals surface area contributed by atoms with E-state index in [1.54, 1.807) is 23.7 Å². The average molecular weight is 192 g/mol. The second-order valence-corrected chi connectivity index (χ2v) is 3.37. The molecule has 2 heterocycles. The number of hydrogen-bond donors (Lipinski definition) is 1. The van der Waals surface area contributed by atoms with Gasteiger partial charge in [0.1, 0.15) is 10.8 Å². The Bertz CT molecular complexity index is 346. The van der Waals surface area contributed by atoms with Crippen LogP contribution in [0.2, 0.25) is 0 Å². The number of hydrogen-bond acceptors (Lipinski definition) is 5. The van der Waals surface area contributed by atoms with Crippen molar-refractivity contribution in [3.63, 3.8) is 0 Å². The Balaban J connectivity index is 1.94. The summed E-state index contributed by atoms with van der Waals surface area (Å²) in [7, 11) is 0. The Kier molecular flexibility index (Phi) is 2.47. The van der Waals surface area contributed by atoms with Crippen molar-refractivity contribution in [2.45, 2.75) is 6.54 Å². The second kappa shape index (κ2) is 3.95. The van der Waals surface area contributed by atoms with Crippen molar-refractivity contribution in [1.29, 1.82) is 0 Å². The van der Waals surface area contributed by atoms with E-state index in [9.17, 15) is 0 Å². The van der Waals surface area contributed by atoms with Gasteiger partial charge in [-0.1, -0.05) is 0 Å². The van der Waals surface area contributed by atoms with E-state index in [1.807, 2.05) is 17.5 Å². The molecule has 2 rings (SSSR count). The molecule has 0 amide bonds. The van der Waals surface area contributed by atoms with Crippen LogP contribution in [0.15, 0.2) is 29.9 Å². The van der Waals surface area contributed by atoms with Crippen molar-refractivity contribution in [3.8, 4) is 0 Å². The second-order valence-electron chi connectivity index (χ2n) is 2.39. The zero-order chi connectivity index (χ0) is 8.93. The third kappa shape index (κ3) is 2.22. The van der Waals surface area contributed by atoms with Crippen LogP contribution in [-0.4, -0.2) is 15.2 Å². The Labute approximate surface area is 79.7 Å². The largest absolute Gasteiger partial charge is 0.362 e. The van der Waals surface area contributed by atoms with Crippen molar-refractivity contribution >= 4 is 17.2 Å². The zero-order valence-electron chi connectivity index (χ0n) is 6.84. The summed E-state index contributed by atoms with van der Waals surface area (Å²) in [6, 6.07) is 3.72. The summed E-state index contributed by atoms with van der Waals surface area (Å²) >= 11 is 1.62. The predicted molar refractivity (Wildman–Crippen MR) is 51.5 cm³/mol. The third-order valence-electron chi connectivity index (χ3n) is 1.48. The molecule has 0 bridgehead atoms. The minimum absolute atomic E-state index is 0.705. The van der Waals surface area contributed by atoms with E-state index < -0.39 is 0 Å². The predicted octanol–water partition coefficient (Wildman–Crippen LogP) is 1.55. The molecule has 0 aromatic carbocycles. The van der Waals surface area contributed by atoms with Gasteiger partial charge in [-0.15, -0.1) is 16.4 Å². The van der Waals surface area contributed by atoms with Crippen LogP contribution in [0.3, 0.4) is 0 Å². The van der Waals surface area contributed by atoms with Crippen LogP contribution in [0.25, 0.3) is 0 Å². The van der Waals surface area contributed by atoms with Crippen molar-refractivity contribution in [2.24, 2.45) is 0 Å². The molecule has 5 heteroatoms. The van der Waals surface area contributed by atoms with Gasteiger partial charge in [0.05, 0.1) is 6.54 Å². The van der Waals surface area contributed by atoms with Crippen LogP contribution in [0.4, 0.5) is 5.82 Å². The molecule has 0 saturated heterocycles. The van der Waals surface area contributed by atoms with Gasteiger partial charge in [0.2, 0.25) is 0 Å². The molecule has 66 valence electrons. The van der Waals surface area contributed by atoms with Crippen LogP contribution < -0.4 is 5.32 Å². The summed E-state index contributed by atoms with van der Waals surface area (Å²) in [4.78, 5) is 4.14. The van der Waals surface area contributed by atoms with Crippen molar-refractivity contribution < 1.29 is 0 Å². The van der Waals surface area contributed by atoms with Gasteiger partial charge in [0.25, 0.3) is 0 Å². The lowest BCUT2D eigenvalue weighted by Gasteiger charge is -2.00. The molecular formula is C8H8N4S. The average Bonchev–Trinajstić information content (AvgIpc) is 2.69. The fourth-order valence-electron chi connectivity index (χ4n) is 0.902. The van der Waals surface area contributed by atoms with Gasteiger partial charge < -0.3 is 5.32 Å². The molecule has 0 spiro atoms. The fourth-order valence-corrected chi connectivity index (χ4v) is 1.46. The highest BCUT2D eigenvalue weighted by atomic mass is 32.1. The molecule has 0 saturated carbocycles. The lowest BCUT2D eigenvalue weighted by Crippen LogP contribution is -2.00. The van der Waals surface area contributed by atoms with Gasteiger partial charge in [-0.25, -0.2) is 4.98 Å². The van der Waals surface area contributed by atoms with Crippen molar-refractivity contribution in [1.82, 2.24) is 15.2 Å². The molecule has 0 unspecified atom stereocenters. The molecule has 2 aromatic rings. The highest BCUT2D eigenvalue weighted by Gasteiger charge is 1.95. The minimum Gasteiger partial charge on any atom is -0.362 e. The minimum atomic E-state index is 0.705. The molecule has 0 fully saturated rings. The summed E-state index contributed by atoms with van der Waals surface area (Å²) in [5.41, 5.74) is 0. The van der Waals surface area contributed by atoms with Gasteiger partial charge in [-0.3, -0.25) is 0 Å². The fraction of sp³-hybridized carbons (Fsp3) is 0.125. The van der Waals surface area contributed by atoms with Gasteiger partial charge in [0.15, 0.2) is 0 Å². The first-order valence-electron chi connectivity index (χ1n) is 3.85. The van der Waals surface area contributed by atoms with Crippen LogP contribution >= 0.6 is 11.3 Å². The molecule has 1 N–H and O–H groups in total. The van der Waals surface area contributed by atoms with E-state index in [4.69, 9.17) is 0 Å². The molecular weight excluding hydrogens is 184 g/mol. The Morgan fingerprint density at radius 1 is 1.38 bits per heavy atom. The first kappa shape index (κ1) is 8.12.